The van der Waals surface area contributed by atoms with Crippen molar-refractivity contribution in [3.05, 3.63) is 62.9 Å². The Balaban J connectivity index is 2.34. The number of halogens is 2. The zero-order valence-electron chi connectivity index (χ0n) is 10.5. The number of hydrogen-bond acceptors (Lipinski definition) is 4. The Labute approximate surface area is 123 Å². The molecule has 3 N–H and O–H groups in total. The number of nitrogens with zero attached hydrogens (tertiary/aromatic N) is 1. The first kappa shape index (κ1) is 14.7. The number of carbonyl (C=O) groups excluding carboxylic acids is 1. The van der Waals surface area contributed by atoms with Crippen LogP contribution >= 0.6 is 11.6 Å². The van der Waals surface area contributed by atoms with Gasteiger partial charge in [0.1, 0.15) is 11.4 Å². The topological polar surface area (TPSA) is 98.3 Å². The van der Waals surface area contributed by atoms with Gasteiger partial charge in [0.2, 0.25) is 0 Å². The standard InChI is InChI=1S/C13H9ClFN3O3/c14-7-1-4-12(18(20)21)9(5-7)13(19)17-8-2-3-10(15)11(16)6-8/h1-6H,16H2,(H,17,19). The van der Waals surface area contributed by atoms with Gasteiger partial charge in [-0.3, -0.25) is 14.9 Å². The van der Waals surface area contributed by atoms with Crippen molar-refractivity contribution >= 4 is 34.6 Å². The molecule has 0 saturated carbocycles. The fourth-order valence-electron chi connectivity index (χ4n) is 1.67. The minimum absolute atomic E-state index is 0.145. The van der Waals surface area contributed by atoms with Crippen molar-refractivity contribution in [1.29, 1.82) is 0 Å². The zero-order valence-corrected chi connectivity index (χ0v) is 11.2. The number of amides is 1. The van der Waals surface area contributed by atoms with Gasteiger partial charge in [-0.05, 0) is 30.3 Å². The molecular weight excluding hydrogens is 301 g/mol. The smallest absolute Gasteiger partial charge is 0.282 e. The molecule has 0 fully saturated rings. The van der Waals surface area contributed by atoms with Crippen LogP contribution < -0.4 is 11.1 Å². The summed E-state index contributed by atoms with van der Waals surface area (Å²) in [6.45, 7) is 0. The van der Waals surface area contributed by atoms with Gasteiger partial charge in [0, 0.05) is 16.8 Å². The van der Waals surface area contributed by atoms with Crippen molar-refractivity contribution in [3.8, 4) is 0 Å². The third-order valence-electron chi connectivity index (χ3n) is 2.65. The number of hydrogen-bond donors (Lipinski definition) is 2. The Hall–Kier alpha value is -2.67. The summed E-state index contributed by atoms with van der Waals surface area (Å²) in [4.78, 5) is 22.3. The lowest BCUT2D eigenvalue weighted by Crippen LogP contribution is -2.14. The van der Waals surface area contributed by atoms with Crippen molar-refractivity contribution in [3.63, 3.8) is 0 Å². The van der Waals surface area contributed by atoms with Gasteiger partial charge in [0.05, 0.1) is 10.6 Å². The summed E-state index contributed by atoms with van der Waals surface area (Å²) in [5.74, 6) is -1.36. The molecule has 0 saturated heterocycles. The predicted octanol–water partition coefficient (Wildman–Crippen LogP) is 3.22. The highest BCUT2D eigenvalue weighted by molar-refractivity contribution is 6.31. The van der Waals surface area contributed by atoms with Crippen LogP contribution in [0.3, 0.4) is 0 Å². The normalized spacial score (nSPS) is 10.2. The minimum atomic E-state index is -0.741. The lowest BCUT2D eigenvalue weighted by molar-refractivity contribution is -0.385. The number of nitrogens with one attached hydrogen (secondary N) is 1. The number of anilines is 2. The van der Waals surface area contributed by atoms with Crippen LogP contribution in [0.5, 0.6) is 0 Å². The molecule has 0 aromatic heterocycles. The number of nitro benzene ring substituents is 1. The van der Waals surface area contributed by atoms with E-state index in [2.05, 4.69) is 5.32 Å². The van der Waals surface area contributed by atoms with Crippen molar-refractivity contribution < 1.29 is 14.1 Å². The maximum atomic E-state index is 13.0. The van der Waals surface area contributed by atoms with Gasteiger partial charge in [0.15, 0.2) is 0 Å². The van der Waals surface area contributed by atoms with Crippen molar-refractivity contribution in [1.82, 2.24) is 0 Å². The summed E-state index contributed by atoms with van der Waals surface area (Å²) in [5, 5.41) is 13.5. The van der Waals surface area contributed by atoms with Crippen LogP contribution in [0, 0.1) is 15.9 Å². The van der Waals surface area contributed by atoms with Crippen molar-refractivity contribution in [2.75, 3.05) is 11.1 Å². The lowest BCUT2D eigenvalue weighted by atomic mass is 10.1. The van der Waals surface area contributed by atoms with Crippen LogP contribution in [0.1, 0.15) is 10.4 Å². The van der Waals surface area contributed by atoms with Gasteiger partial charge < -0.3 is 11.1 Å². The zero-order chi connectivity index (χ0) is 15.6. The van der Waals surface area contributed by atoms with E-state index < -0.39 is 16.6 Å². The number of rotatable bonds is 3. The molecule has 2 aromatic rings. The van der Waals surface area contributed by atoms with Gasteiger partial charge >= 0.3 is 0 Å². The molecule has 0 aliphatic rings. The third kappa shape index (κ3) is 3.26. The first-order valence-electron chi connectivity index (χ1n) is 5.69. The number of nitrogen functional groups attached to an aromatic ring is 1. The number of nitrogens with two attached hydrogens (primary N) is 1. The average molecular weight is 310 g/mol. The molecule has 0 atom stereocenters. The SMILES string of the molecule is Nc1cc(NC(=O)c2cc(Cl)ccc2[N+](=O)[O-])ccc1F. The molecule has 0 bridgehead atoms. The maximum absolute atomic E-state index is 13.0. The number of benzene rings is 2. The van der Waals surface area contributed by atoms with Crippen LogP contribution in [-0.4, -0.2) is 10.8 Å². The van der Waals surface area contributed by atoms with Crippen LogP contribution in [0.25, 0.3) is 0 Å². The van der Waals surface area contributed by atoms with E-state index in [0.29, 0.717) is 0 Å². The molecule has 6 nitrogen and oxygen atoms in total. The highest BCUT2D eigenvalue weighted by Gasteiger charge is 2.20. The summed E-state index contributed by atoms with van der Waals surface area (Å²) in [5.41, 5.74) is 4.87. The van der Waals surface area contributed by atoms with Crippen LogP contribution in [0.2, 0.25) is 5.02 Å². The van der Waals surface area contributed by atoms with Gasteiger partial charge in [-0.25, -0.2) is 4.39 Å². The van der Waals surface area contributed by atoms with E-state index >= 15 is 0 Å². The Morgan fingerprint density at radius 1 is 1.29 bits per heavy atom. The first-order valence-corrected chi connectivity index (χ1v) is 6.06. The van der Waals surface area contributed by atoms with Crippen molar-refractivity contribution in [2.45, 2.75) is 0 Å². The summed E-state index contributed by atoms with van der Waals surface area (Å²) in [7, 11) is 0. The molecule has 2 aromatic carbocycles. The van der Waals surface area contributed by atoms with E-state index in [1.165, 1.54) is 24.3 Å². The summed E-state index contributed by atoms with van der Waals surface area (Å²) < 4.78 is 13.0. The van der Waals surface area contributed by atoms with Crippen LogP contribution in [0.15, 0.2) is 36.4 Å². The summed E-state index contributed by atoms with van der Waals surface area (Å²) in [6.07, 6.45) is 0. The molecule has 0 unspecified atom stereocenters. The molecular formula is C13H9ClFN3O3. The fraction of sp³-hybridized carbons (Fsp3) is 0. The number of carbonyl (C=O) groups is 1. The molecule has 108 valence electrons. The summed E-state index contributed by atoms with van der Waals surface area (Å²) >= 11 is 5.74. The Kier molecular flexibility index (Phi) is 4.04. The minimum Gasteiger partial charge on any atom is -0.396 e. The van der Waals surface area contributed by atoms with E-state index in [4.69, 9.17) is 17.3 Å². The molecule has 2 rings (SSSR count). The first-order chi connectivity index (χ1) is 9.88. The quantitative estimate of drug-likeness (QED) is 0.516. The van der Waals surface area contributed by atoms with Crippen LogP contribution in [0.4, 0.5) is 21.5 Å². The monoisotopic (exact) mass is 309 g/mol. The molecule has 0 aliphatic heterocycles. The maximum Gasteiger partial charge on any atom is 0.282 e. The molecule has 0 aliphatic carbocycles. The van der Waals surface area contributed by atoms with Gasteiger partial charge in [-0.2, -0.15) is 0 Å². The second-order valence-electron chi connectivity index (χ2n) is 4.11. The second kappa shape index (κ2) is 5.76. The van der Waals surface area contributed by atoms with E-state index in [9.17, 15) is 19.3 Å². The summed E-state index contributed by atoms with van der Waals surface area (Å²) in [6, 6.07) is 7.21. The number of nitro groups is 1. The molecule has 21 heavy (non-hydrogen) atoms. The Morgan fingerprint density at radius 3 is 2.62 bits per heavy atom. The van der Waals surface area contributed by atoms with E-state index in [-0.39, 0.29) is 27.6 Å². The third-order valence-corrected chi connectivity index (χ3v) is 2.89. The predicted molar refractivity (Wildman–Crippen MR) is 76.9 cm³/mol. The van der Waals surface area contributed by atoms with Crippen LogP contribution in [-0.2, 0) is 0 Å². The molecule has 1 amide bonds. The van der Waals surface area contributed by atoms with Gasteiger partial charge in [-0.1, -0.05) is 11.6 Å². The molecule has 8 heteroatoms. The van der Waals surface area contributed by atoms with Gasteiger partial charge in [0.25, 0.3) is 11.6 Å². The fourth-order valence-corrected chi connectivity index (χ4v) is 1.84. The van der Waals surface area contributed by atoms with E-state index in [1.807, 2.05) is 0 Å². The second-order valence-corrected chi connectivity index (χ2v) is 4.55. The molecule has 0 radical (unpaired) electrons. The Bertz CT molecular complexity index is 737. The largest absolute Gasteiger partial charge is 0.396 e. The van der Waals surface area contributed by atoms with Gasteiger partial charge in [-0.15, -0.1) is 0 Å². The highest BCUT2D eigenvalue weighted by atomic mass is 35.5. The van der Waals surface area contributed by atoms with Crippen molar-refractivity contribution in [2.24, 2.45) is 0 Å². The highest BCUT2D eigenvalue weighted by Crippen LogP contribution is 2.24. The lowest BCUT2D eigenvalue weighted by Gasteiger charge is -2.07. The average Bonchev–Trinajstić information content (AvgIpc) is 2.42. The van der Waals surface area contributed by atoms with E-state index in [1.54, 1.807) is 0 Å². The molecule has 0 heterocycles. The van der Waals surface area contributed by atoms with E-state index in [0.717, 1.165) is 12.1 Å². The Morgan fingerprint density at radius 2 is 2.00 bits per heavy atom. The molecule has 0 spiro atoms.